The van der Waals surface area contributed by atoms with Crippen LogP contribution in [0.15, 0.2) is 54.9 Å². The largest absolute Gasteiger partial charge is 0.331 e. The number of amides is 1. The van der Waals surface area contributed by atoms with Crippen molar-refractivity contribution >= 4 is 11.4 Å². The molecule has 4 rings (SSSR count). The summed E-state index contributed by atoms with van der Waals surface area (Å²) in [7, 11) is 0. The van der Waals surface area contributed by atoms with E-state index < -0.39 is 0 Å². The Hall–Kier alpha value is -2.69. The van der Waals surface area contributed by atoms with Gasteiger partial charge in [0.25, 0.3) is 5.91 Å². The number of aromatic nitrogens is 2. The molecule has 3 aromatic rings. The lowest BCUT2D eigenvalue weighted by Crippen LogP contribution is -2.38. The first kappa shape index (κ1) is 14.9. The Kier molecular flexibility index (Phi) is 3.76. The highest BCUT2D eigenvalue weighted by atomic mass is 19.1. The van der Waals surface area contributed by atoms with Gasteiger partial charge in [-0.25, -0.2) is 8.91 Å². The highest BCUT2D eigenvalue weighted by molar-refractivity contribution is 6.00. The highest BCUT2D eigenvalue weighted by Crippen LogP contribution is 2.32. The number of halogens is 1. The second-order valence-corrected chi connectivity index (χ2v) is 6.15. The average molecular weight is 323 g/mol. The van der Waals surface area contributed by atoms with Crippen molar-refractivity contribution in [1.29, 1.82) is 0 Å². The number of carbonyl (C=O) groups excluding carboxylic acids is 1. The Morgan fingerprint density at radius 3 is 2.79 bits per heavy atom. The average Bonchev–Trinajstić information content (AvgIpc) is 3.06. The van der Waals surface area contributed by atoms with E-state index in [1.807, 2.05) is 29.3 Å². The van der Waals surface area contributed by atoms with Gasteiger partial charge < -0.3 is 4.90 Å². The molecular weight excluding hydrogens is 305 g/mol. The van der Waals surface area contributed by atoms with Gasteiger partial charge in [-0.15, -0.1) is 0 Å². The van der Waals surface area contributed by atoms with Crippen molar-refractivity contribution in [2.24, 2.45) is 0 Å². The first-order chi connectivity index (χ1) is 11.7. The molecule has 0 aliphatic carbocycles. The van der Waals surface area contributed by atoms with Gasteiger partial charge in [-0.3, -0.25) is 4.79 Å². The summed E-state index contributed by atoms with van der Waals surface area (Å²) in [5, 5.41) is 4.26. The molecule has 1 amide bonds. The molecule has 0 unspecified atom stereocenters. The molecule has 1 aliphatic rings. The van der Waals surface area contributed by atoms with E-state index in [4.69, 9.17) is 0 Å². The van der Waals surface area contributed by atoms with Crippen LogP contribution in [0.25, 0.3) is 5.52 Å². The summed E-state index contributed by atoms with van der Waals surface area (Å²) in [5.41, 5.74) is 2.41. The minimum absolute atomic E-state index is 0.00878. The van der Waals surface area contributed by atoms with E-state index in [0.29, 0.717) is 12.1 Å². The van der Waals surface area contributed by atoms with Crippen molar-refractivity contribution in [1.82, 2.24) is 14.5 Å². The molecule has 1 aliphatic heterocycles. The molecule has 0 saturated carbocycles. The Bertz CT molecular complexity index is 872. The summed E-state index contributed by atoms with van der Waals surface area (Å²) < 4.78 is 14.9. The van der Waals surface area contributed by atoms with Gasteiger partial charge in [-0.1, -0.05) is 18.2 Å². The molecule has 0 bridgehead atoms. The van der Waals surface area contributed by atoms with Gasteiger partial charge in [0.15, 0.2) is 0 Å². The summed E-state index contributed by atoms with van der Waals surface area (Å²) in [6, 6.07) is 12.2. The van der Waals surface area contributed by atoms with Gasteiger partial charge in [0.05, 0.1) is 23.3 Å². The van der Waals surface area contributed by atoms with Gasteiger partial charge in [0, 0.05) is 12.7 Å². The Balaban J connectivity index is 1.69. The topological polar surface area (TPSA) is 37.6 Å². The van der Waals surface area contributed by atoms with Crippen LogP contribution in [-0.4, -0.2) is 27.0 Å². The van der Waals surface area contributed by atoms with Crippen LogP contribution < -0.4 is 0 Å². The molecule has 2 aromatic heterocycles. The molecular formula is C19H18FN3O. The molecule has 5 heteroatoms. The fraction of sp³-hybridized carbons (Fsp3) is 0.263. The third kappa shape index (κ3) is 2.56. The molecule has 1 saturated heterocycles. The van der Waals surface area contributed by atoms with E-state index in [0.717, 1.165) is 30.3 Å². The van der Waals surface area contributed by atoms with Crippen molar-refractivity contribution in [2.75, 3.05) is 6.54 Å². The van der Waals surface area contributed by atoms with Crippen LogP contribution in [-0.2, 0) is 0 Å². The van der Waals surface area contributed by atoms with E-state index >= 15 is 0 Å². The van der Waals surface area contributed by atoms with Gasteiger partial charge in [-0.2, -0.15) is 5.10 Å². The maximum absolute atomic E-state index is 13.2. The summed E-state index contributed by atoms with van der Waals surface area (Å²) in [5.74, 6) is -0.264. The zero-order valence-corrected chi connectivity index (χ0v) is 13.2. The van der Waals surface area contributed by atoms with E-state index in [1.165, 1.54) is 12.1 Å². The van der Waals surface area contributed by atoms with Crippen molar-refractivity contribution in [3.8, 4) is 0 Å². The second-order valence-electron chi connectivity index (χ2n) is 6.15. The number of nitrogens with zero attached hydrogens (tertiary/aromatic N) is 3. The minimum atomic E-state index is -0.255. The normalized spacial score (nSPS) is 18.0. The minimum Gasteiger partial charge on any atom is -0.331 e. The lowest BCUT2D eigenvalue weighted by Gasteiger charge is -2.36. The van der Waals surface area contributed by atoms with Crippen LogP contribution >= 0.6 is 0 Å². The van der Waals surface area contributed by atoms with Crippen molar-refractivity contribution in [3.63, 3.8) is 0 Å². The maximum atomic E-state index is 13.2. The predicted octanol–water partition coefficient (Wildman–Crippen LogP) is 3.84. The predicted molar refractivity (Wildman–Crippen MR) is 89.2 cm³/mol. The van der Waals surface area contributed by atoms with Crippen LogP contribution in [0, 0.1) is 5.82 Å². The molecule has 1 aromatic carbocycles. The zero-order chi connectivity index (χ0) is 16.5. The number of carbonyl (C=O) groups is 1. The first-order valence-corrected chi connectivity index (χ1v) is 8.23. The van der Waals surface area contributed by atoms with Gasteiger partial charge in [0.1, 0.15) is 5.82 Å². The lowest BCUT2D eigenvalue weighted by molar-refractivity contribution is 0.0613. The molecule has 0 radical (unpaired) electrons. The Morgan fingerprint density at radius 2 is 1.96 bits per heavy atom. The number of rotatable bonds is 2. The number of hydrogen-bond donors (Lipinski definition) is 0. The Labute approximate surface area is 139 Å². The quantitative estimate of drug-likeness (QED) is 0.718. The number of pyridine rings is 1. The molecule has 0 spiro atoms. The lowest BCUT2D eigenvalue weighted by atomic mass is 9.94. The second kappa shape index (κ2) is 6.07. The van der Waals surface area contributed by atoms with Gasteiger partial charge in [0.2, 0.25) is 0 Å². The molecule has 0 N–H and O–H groups in total. The van der Waals surface area contributed by atoms with Crippen molar-refractivity contribution in [3.05, 3.63) is 71.8 Å². The number of piperidine rings is 1. The zero-order valence-electron chi connectivity index (χ0n) is 13.2. The molecule has 1 fully saturated rings. The van der Waals surface area contributed by atoms with E-state index in [9.17, 15) is 9.18 Å². The third-order valence-corrected chi connectivity index (χ3v) is 4.68. The van der Waals surface area contributed by atoms with E-state index in [1.54, 1.807) is 22.8 Å². The highest BCUT2D eigenvalue weighted by Gasteiger charge is 2.30. The van der Waals surface area contributed by atoms with Gasteiger partial charge in [-0.05, 0) is 49.1 Å². The van der Waals surface area contributed by atoms with Crippen LogP contribution in [0.5, 0.6) is 0 Å². The summed E-state index contributed by atoms with van der Waals surface area (Å²) in [6.07, 6.45) is 6.42. The molecule has 24 heavy (non-hydrogen) atoms. The maximum Gasteiger partial charge on any atom is 0.258 e. The van der Waals surface area contributed by atoms with Crippen LogP contribution in [0.3, 0.4) is 0 Å². The summed E-state index contributed by atoms with van der Waals surface area (Å²) in [6.45, 7) is 0.713. The Morgan fingerprint density at radius 1 is 1.12 bits per heavy atom. The summed E-state index contributed by atoms with van der Waals surface area (Å²) >= 11 is 0. The van der Waals surface area contributed by atoms with E-state index in [2.05, 4.69) is 5.10 Å². The molecule has 122 valence electrons. The molecule has 1 atom stereocenters. The number of likely N-dealkylation sites (tertiary alicyclic amines) is 1. The number of benzene rings is 1. The summed E-state index contributed by atoms with van der Waals surface area (Å²) in [4.78, 5) is 15.0. The van der Waals surface area contributed by atoms with Gasteiger partial charge >= 0.3 is 0 Å². The van der Waals surface area contributed by atoms with Crippen molar-refractivity contribution in [2.45, 2.75) is 25.3 Å². The van der Waals surface area contributed by atoms with E-state index in [-0.39, 0.29) is 17.8 Å². The fourth-order valence-corrected chi connectivity index (χ4v) is 3.46. The van der Waals surface area contributed by atoms with Crippen LogP contribution in [0.4, 0.5) is 4.39 Å². The standard InChI is InChI=1S/C19H18FN3O/c20-15-9-7-14(8-10-15)17-5-1-3-11-22(17)19(24)16-13-21-23-12-4-2-6-18(16)23/h2,4,6-10,12-13,17H,1,3,5,11H2/t17-/m0/s1. The van der Waals surface area contributed by atoms with Crippen LogP contribution in [0.1, 0.15) is 41.2 Å². The third-order valence-electron chi connectivity index (χ3n) is 4.68. The SMILES string of the molecule is O=C(c1cnn2ccccc12)N1CCCC[C@H]1c1ccc(F)cc1. The fourth-order valence-electron chi connectivity index (χ4n) is 3.46. The first-order valence-electron chi connectivity index (χ1n) is 8.23. The molecule has 4 nitrogen and oxygen atoms in total. The smallest absolute Gasteiger partial charge is 0.258 e. The number of hydrogen-bond acceptors (Lipinski definition) is 2. The monoisotopic (exact) mass is 323 g/mol. The molecule has 3 heterocycles. The van der Waals surface area contributed by atoms with Crippen molar-refractivity contribution < 1.29 is 9.18 Å². The number of fused-ring (bicyclic) bond motifs is 1. The van der Waals surface area contributed by atoms with Crippen LogP contribution in [0.2, 0.25) is 0 Å².